The lowest BCUT2D eigenvalue weighted by Gasteiger charge is -2.37. The maximum Gasteiger partial charge on any atom is 0.450 e. The molecule has 37 heavy (non-hydrogen) atoms. The van der Waals surface area contributed by atoms with Gasteiger partial charge in [-0.2, -0.15) is 13.2 Å². The van der Waals surface area contributed by atoms with Crippen molar-refractivity contribution in [2.45, 2.75) is 45.4 Å². The lowest BCUT2D eigenvalue weighted by Crippen LogP contribution is -2.43. The molecule has 1 atom stereocenters. The number of hydrogen-bond acceptors (Lipinski definition) is 5. The molecule has 0 bridgehead atoms. The number of imidazole rings is 1. The Hall–Kier alpha value is -3.50. The summed E-state index contributed by atoms with van der Waals surface area (Å²) < 4.78 is 63.1. The summed E-state index contributed by atoms with van der Waals surface area (Å²) in [6.07, 6.45) is -3.68. The van der Waals surface area contributed by atoms with Crippen LogP contribution in [0.4, 0.5) is 33.7 Å². The number of fused-ring (bicyclic) bond motifs is 1. The zero-order valence-electron chi connectivity index (χ0n) is 21.3. The first-order valence-electron chi connectivity index (χ1n) is 12.1. The van der Waals surface area contributed by atoms with Crippen LogP contribution in [0, 0.1) is 11.7 Å². The molecule has 3 aromatic rings. The van der Waals surface area contributed by atoms with Crippen LogP contribution in [0.5, 0.6) is 0 Å². The molecule has 1 amide bonds. The van der Waals surface area contributed by atoms with E-state index in [0.29, 0.717) is 25.3 Å². The first kappa shape index (κ1) is 26.6. The van der Waals surface area contributed by atoms with Gasteiger partial charge in [-0.1, -0.05) is 12.1 Å². The Bertz CT molecular complexity index is 1300. The number of rotatable bonds is 4. The van der Waals surface area contributed by atoms with Gasteiger partial charge in [-0.15, -0.1) is 0 Å². The summed E-state index contributed by atoms with van der Waals surface area (Å²) in [7, 11) is 1.66. The third kappa shape index (κ3) is 5.60. The van der Waals surface area contributed by atoms with Crippen molar-refractivity contribution in [3.63, 3.8) is 0 Å². The van der Waals surface area contributed by atoms with Crippen molar-refractivity contribution in [2.75, 3.05) is 37.3 Å². The largest absolute Gasteiger partial charge is 0.450 e. The van der Waals surface area contributed by atoms with Gasteiger partial charge < -0.3 is 20.3 Å². The highest BCUT2D eigenvalue weighted by atomic mass is 19.4. The number of carbonyl (C=O) groups is 1. The van der Waals surface area contributed by atoms with Gasteiger partial charge in [-0.25, -0.2) is 14.2 Å². The first-order valence-corrected chi connectivity index (χ1v) is 12.1. The predicted molar refractivity (Wildman–Crippen MR) is 134 cm³/mol. The lowest BCUT2D eigenvalue weighted by molar-refractivity contribution is -0.145. The molecule has 2 aromatic carbocycles. The second-order valence-corrected chi connectivity index (χ2v) is 10.4. The molecule has 4 rings (SSSR count). The Morgan fingerprint density at radius 1 is 1.19 bits per heavy atom. The van der Waals surface area contributed by atoms with Crippen molar-refractivity contribution in [3.8, 4) is 5.69 Å². The molecule has 1 aliphatic rings. The standard InChI is InChI=1S/C26H31F4N5O2/c1-25(2,3)37-24(36)33(4)14-16-8-7-13-34(15-16)22-18(31)11-12-20-21(22)32-23(26(28,29)30)35(20)19-10-6-5-9-17(19)27/h5-6,9-12,16H,7-8,13-15,31H2,1-4H3/t16-/m0/s1. The Morgan fingerprint density at radius 3 is 2.54 bits per heavy atom. The summed E-state index contributed by atoms with van der Waals surface area (Å²) in [5.74, 6) is -1.98. The van der Waals surface area contributed by atoms with Gasteiger partial charge >= 0.3 is 12.3 Å². The highest BCUT2D eigenvalue weighted by Gasteiger charge is 2.39. The van der Waals surface area contributed by atoms with E-state index >= 15 is 0 Å². The minimum Gasteiger partial charge on any atom is -0.444 e. The summed E-state index contributed by atoms with van der Waals surface area (Å²) in [5.41, 5.74) is 6.23. The van der Waals surface area contributed by atoms with Crippen molar-refractivity contribution in [3.05, 3.63) is 48.0 Å². The van der Waals surface area contributed by atoms with Gasteiger partial charge in [-0.3, -0.25) is 4.57 Å². The number of anilines is 2. The van der Waals surface area contributed by atoms with E-state index in [1.807, 2.05) is 4.90 Å². The Balaban J connectivity index is 1.71. The third-order valence-electron chi connectivity index (χ3n) is 6.25. The summed E-state index contributed by atoms with van der Waals surface area (Å²) in [4.78, 5) is 19.8. The van der Waals surface area contributed by atoms with E-state index in [0.717, 1.165) is 23.5 Å². The van der Waals surface area contributed by atoms with Crippen LogP contribution in [0.2, 0.25) is 0 Å². The molecule has 0 unspecified atom stereocenters. The summed E-state index contributed by atoms with van der Waals surface area (Å²) in [6, 6.07) is 8.23. The van der Waals surface area contributed by atoms with Crippen molar-refractivity contribution in [1.82, 2.24) is 14.5 Å². The van der Waals surface area contributed by atoms with Crippen molar-refractivity contribution in [2.24, 2.45) is 5.92 Å². The van der Waals surface area contributed by atoms with Crippen LogP contribution in [0.15, 0.2) is 36.4 Å². The van der Waals surface area contributed by atoms with E-state index in [-0.39, 0.29) is 28.3 Å². The number of aromatic nitrogens is 2. The maximum absolute atomic E-state index is 14.6. The maximum atomic E-state index is 14.6. The quantitative estimate of drug-likeness (QED) is 0.344. The normalized spacial score (nSPS) is 16.8. The van der Waals surface area contributed by atoms with E-state index in [1.54, 1.807) is 27.8 Å². The molecule has 200 valence electrons. The zero-order valence-corrected chi connectivity index (χ0v) is 21.3. The van der Waals surface area contributed by atoms with E-state index in [1.165, 1.54) is 35.2 Å². The van der Waals surface area contributed by atoms with Gasteiger partial charge in [0, 0.05) is 26.7 Å². The number of piperidine rings is 1. The Morgan fingerprint density at radius 2 is 1.89 bits per heavy atom. The van der Waals surface area contributed by atoms with Gasteiger partial charge in [0.05, 0.1) is 22.6 Å². The van der Waals surface area contributed by atoms with Gasteiger partial charge in [0.1, 0.15) is 16.9 Å². The van der Waals surface area contributed by atoms with Crippen LogP contribution in [-0.2, 0) is 10.9 Å². The molecule has 1 fully saturated rings. The van der Waals surface area contributed by atoms with Crippen LogP contribution < -0.4 is 10.6 Å². The number of carbonyl (C=O) groups excluding carboxylic acids is 1. The number of nitrogens with zero attached hydrogens (tertiary/aromatic N) is 4. The second-order valence-electron chi connectivity index (χ2n) is 10.4. The Kier molecular flexibility index (Phi) is 7.00. The number of benzene rings is 2. The van der Waals surface area contributed by atoms with Gasteiger partial charge in [0.25, 0.3) is 0 Å². The average molecular weight is 522 g/mol. The van der Waals surface area contributed by atoms with Crippen LogP contribution in [0.1, 0.15) is 39.4 Å². The van der Waals surface area contributed by atoms with E-state index in [2.05, 4.69) is 4.98 Å². The molecule has 7 nitrogen and oxygen atoms in total. The fraction of sp³-hybridized carbons (Fsp3) is 0.462. The molecule has 0 saturated carbocycles. The molecular formula is C26H31F4N5O2. The molecule has 1 aliphatic heterocycles. The van der Waals surface area contributed by atoms with E-state index in [9.17, 15) is 22.4 Å². The molecule has 0 spiro atoms. The zero-order chi connectivity index (χ0) is 27.1. The highest BCUT2D eigenvalue weighted by Crippen LogP contribution is 2.40. The number of amides is 1. The fourth-order valence-corrected chi connectivity index (χ4v) is 4.76. The second kappa shape index (κ2) is 9.75. The predicted octanol–water partition coefficient (Wildman–Crippen LogP) is 5.85. The number of alkyl halides is 3. The molecule has 1 aromatic heterocycles. The first-order chi connectivity index (χ1) is 17.3. The Labute approximate surface area is 212 Å². The van der Waals surface area contributed by atoms with Crippen molar-refractivity contribution >= 4 is 28.5 Å². The number of hydrogen-bond donors (Lipinski definition) is 1. The number of ether oxygens (including phenoxy) is 1. The van der Waals surface area contributed by atoms with Gasteiger partial charge in [0.15, 0.2) is 0 Å². The van der Waals surface area contributed by atoms with Crippen LogP contribution >= 0.6 is 0 Å². The summed E-state index contributed by atoms with van der Waals surface area (Å²) >= 11 is 0. The molecule has 2 heterocycles. The van der Waals surface area contributed by atoms with E-state index < -0.39 is 29.5 Å². The molecule has 1 saturated heterocycles. The van der Waals surface area contributed by atoms with Crippen molar-refractivity contribution in [1.29, 1.82) is 0 Å². The van der Waals surface area contributed by atoms with Crippen LogP contribution in [0.25, 0.3) is 16.7 Å². The fourth-order valence-electron chi connectivity index (χ4n) is 4.76. The highest BCUT2D eigenvalue weighted by molar-refractivity contribution is 5.97. The average Bonchev–Trinajstić information content (AvgIpc) is 3.18. The van der Waals surface area contributed by atoms with Crippen LogP contribution in [0.3, 0.4) is 0 Å². The topological polar surface area (TPSA) is 76.6 Å². The monoisotopic (exact) mass is 521 g/mol. The van der Waals surface area contributed by atoms with Crippen LogP contribution in [-0.4, -0.2) is 52.8 Å². The number of nitrogens with two attached hydrogens (primary N) is 1. The SMILES string of the molecule is CN(C[C@@H]1CCCN(c2c(N)ccc3c2nc(C(F)(F)F)n3-c2ccccc2F)C1)C(=O)OC(C)(C)C. The van der Waals surface area contributed by atoms with Gasteiger partial charge in [-0.05, 0) is 63.8 Å². The van der Waals surface area contributed by atoms with Gasteiger partial charge in [0.2, 0.25) is 5.82 Å². The lowest BCUT2D eigenvalue weighted by atomic mass is 9.96. The molecule has 2 N–H and O–H groups in total. The summed E-state index contributed by atoms with van der Waals surface area (Å²) in [6.45, 7) is 6.81. The molecule has 11 heteroatoms. The van der Waals surface area contributed by atoms with Crippen molar-refractivity contribution < 1.29 is 27.1 Å². The number of halogens is 4. The number of nitrogen functional groups attached to an aromatic ring is 1. The smallest absolute Gasteiger partial charge is 0.444 e. The molecule has 0 radical (unpaired) electrons. The van der Waals surface area contributed by atoms with E-state index in [4.69, 9.17) is 10.5 Å². The minimum absolute atomic E-state index is 0.0386. The molecular weight excluding hydrogens is 490 g/mol. The minimum atomic E-state index is -4.83. The number of para-hydroxylation sites is 1. The summed E-state index contributed by atoms with van der Waals surface area (Å²) in [5, 5.41) is 0. The third-order valence-corrected chi connectivity index (χ3v) is 6.25. The molecule has 0 aliphatic carbocycles.